The number of carbonyl (C=O) groups excluding carboxylic acids is 1. The maximum atomic E-state index is 12.0. The Labute approximate surface area is 128 Å². The highest BCUT2D eigenvalue weighted by molar-refractivity contribution is 7.09. The number of carbonyl (C=O) groups is 1. The third-order valence-electron chi connectivity index (χ3n) is 3.25. The van der Waals surface area contributed by atoms with Gasteiger partial charge in [-0.25, -0.2) is 9.78 Å². The Balaban J connectivity index is 1.80. The van der Waals surface area contributed by atoms with Crippen molar-refractivity contribution in [3.05, 3.63) is 33.1 Å². The van der Waals surface area contributed by atoms with Crippen molar-refractivity contribution >= 4 is 17.4 Å². The first-order chi connectivity index (χ1) is 9.97. The summed E-state index contributed by atoms with van der Waals surface area (Å²) < 4.78 is 5.10. The van der Waals surface area contributed by atoms with E-state index in [0.717, 1.165) is 34.1 Å². The first-order valence-electron chi connectivity index (χ1n) is 6.79. The van der Waals surface area contributed by atoms with Crippen LogP contribution in [0.1, 0.15) is 27.7 Å². The minimum atomic E-state index is -0.109. The summed E-state index contributed by atoms with van der Waals surface area (Å²) in [6.45, 7) is 6.77. The molecule has 2 amide bonds. The summed E-state index contributed by atoms with van der Waals surface area (Å²) in [4.78, 5) is 18.0. The van der Waals surface area contributed by atoms with Crippen LogP contribution in [0, 0.1) is 20.8 Å². The lowest BCUT2D eigenvalue weighted by Gasteiger charge is -2.17. The fourth-order valence-electron chi connectivity index (χ4n) is 1.99. The maximum absolute atomic E-state index is 12.0. The SMILES string of the molecule is Cc1nc(CCNC(=O)N(C)Cc2c(C)noc2C)cs1. The van der Waals surface area contributed by atoms with Crippen molar-refractivity contribution in [3.63, 3.8) is 0 Å². The molecule has 2 aromatic rings. The van der Waals surface area contributed by atoms with Gasteiger partial charge in [0.05, 0.1) is 22.9 Å². The molecule has 0 saturated carbocycles. The summed E-state index contributed by atoms with van der Waals surface area (Å²) in [5.74, 6) is 0.755. The Bertz CT molecular complexity index is 601. The summed E-state index contributed by atoms with van der Waals surface area (Å²) in [5.41, 5.74) is 2.80. The minimum Gasteiger partial charge on any atom is -0.361 e. The number of aromatic nitrogens is 2. The van der Waals surface area contributed by atoms with Gasteiger partial charge >= 0.3 is 6.03 Å². The van der Waals surface area contributed by atoms with Crippen molar-refractivity contribution in [2.24, 2.45) is 0 Å². The fourth-order valence-corrected chi connectivity index (χ4v) is 2.64. The van der Waals surface area contributed by atoms with Crippen molar-refractivity contribution < 1.29 is 9.32 Å². The molecule has 114 valence electrons. The van der Waals surface area contributed by atoms with Crippen LogP contribution in [-0.4, -0.2) is 34.7 Å². The van der Waals surface area contributed by atoms with Crippen molar-refractivity contribution in [2.75, 3.05) is 13.6 Å². The number of rotatable bonds is 5. The van der Waals surface area contributed by atoms with Gasteiger partial charge in [-0.15, -0.1) is 11.3 Å². The number of amides is 2. The molecule has 0 aliphatic carbocycles. The predicted octanol–water partition coefficient (Wildman–Crippen LogP) is 2.44. The quantitative estimate of drug-likeness (QED) is 0.921. The van der Waals surface area contributed by atoms with E-state index in [4.69, 9.17) is 4.52 Å². The van der Waals surface area contributed by atoms with E-state index < -0.39 is 0 Å². The standard InChI is InChI=1S/C14H20N4O2S/c1-9-13(10(2)20-17-9)7-18(4)14(19)15-6-5-12-8-21-11(3)16-12/h8H,5-7H2,1-4H3,(H,15,19). The zero-order valence-electron chi connectivity index (χ0n) is 12.8. The van der Waals surface area contributed by atoms with Gasteiger partial charge in [-0.3, -0.25) is 0 Å². The first-order valence-corrected chi connectivity index (χ1v) is 7.67. The van der Waals surface area contributed by atoms with Crippen LogP contribution >= 0.6 is 11.3 Å². The summed E-state index contributed by atoms with van der Waals surface area (Å²) >= 11 is 1.62. The lowest BCUT2D eigenvalue weighted by Crippen LogP contribution is -2.38. The highest BCUT2D eigenvalue weighted by atomic mass is 32.1. The van der Waals surface area contributed by atoms with E-state index in [2.05, 4.69) is 15.5 Å². The molecule has 1 N–H and O–H groups in total. The van der Waals surface area contributed by atoms with E-state index in [1.807, 2.05) is 26.2 Å². The maximum Gasteiger partial charge on any atom is 0.317 e. The molecule has 2 rings (SSSR count). The molecule has 21 heavy (non-hydrogen) atoms. The highest BCUT2D eigenvalue weighted by Gasteiger charge is 2.15. The summed E-state index contributed by atoms with van der Waals surface area (Å²) in [6, 6.07) is -0.109. The van der Waals surface area contributed by atoms with Gasteiger partial charge in [0.2, 0.25) is 0 Å². The van der Waals surface area contributed by atoms with E-state index in [9.17, 15) is 4.79 Å². The zero-order chi connectivity index (χ0) is 15.4. The van der Waals surface area contributed by atoms with E-state index >= 15 is 0 Å². The number of hydrogen-bond donors (Lipinski definition) is 1. The number of hydrogen-bond acceptors (Lipinski definition) is 5. The Hall–Kier alpha value is -1.89. The molecule has 2 aromatic heterocycles. The Morgan fingerprint density at radius 1 is 1.43 bits per heavy atom. The van der Waals surface area contributed by atoms with Crippen LogP contribution in [-0.2, 0) is 13.0 Å². The summed E-state index contributed by atoms with van der Waals surface area (Å²) in [5, 5.41) is 9.86. The van der Waals surface area contributed by atoms with Gasteiger partial charge < -0.3 is 14.7 Å². The molecule has 0 aliphatic heterocycles. The Morgan fingerprint density at radius 2 is 2.19 bits per heavy atom. The van der Waals surface area contributed by atoms with Gasteiger partial charge in [0.25, 0.3) is 0 Å². The van der Waals surface area contributed by atoms with Crippen LogP contribution in [0.25, 0.3) is 0 Å². The number of thiazole rings is 1. The average molecular weight is 308 g/mol. The topological polar surface area (TPSA) is 71.3 Å². The third kappa shape index (κ3) is 4.04. The molecular formula is C14H20N4O2S. The van der Waals surface area contributed by atoms with E-state index in [0.29, 0.717) is 13.1 Å². The smallest absolute Gasteiger partial charge is 0.317 e. The molecule has 0 aromatic carbocycles. The predicted molar refractivity (Wildman–Crippen MR) is 81.4 cm³/mol. The van der Waals surface area contributed by atoms with Crippen molar-refractivity contribution in [1.82, 2.24) is 20.4 Å². The minimum absolute atomic E-state index is 0.109. The second-order valence-electron chi connectivity index (χ2n) is 5.00. The van der Waals surface area contributed by atoms with Gasteiger partial charge in [0.15, 0.2) is 0 Å². The van der Waals surface area contributed by atoms with Gasteiger partial charge in [-0.2, -0.15) is 0 Å². The molecule has 0 spiro atoms. The summed E-state index contributed by atoms with van der Waals surface area (Å²) in [6.07, 6.45) is 0.745. The van der Waals surface area contributed by atoms with Crippen LogP contribution in [0.15, 0.2) is 9.90 Å². The van der Waals surface area contributed by atoms with Crippen molar-refractivity contribution in [3.8, 4) is 0 Å². The lowest BCUT2D eigenvalue weighted by atomic mass is 10.2. The third-order valence-corrected chi connectivity index (χ3v) is 4.07. The van der Waals surface area contributed by atoms with E-state index in [1.54, 1.807) is 23.3 Å². The molecule has 0 radical (unpaired) electrons. The zero-order valence-corrected chi connectivity index (χ0v) is 13.6. The van der Waals surface area contributed by atoms with Crippen LogP contribution in [0.2, 0.25) is 0 Å². The monoisotopic (exact) mass is 308 g/mol. The van der Waals surface area contributed by atoms with Crippen molar-refractivity contribution in [2.45, 2.75) is 33.7 Å². The number of nitrogens with one attached hydrogen (secondary N) is 1. The van der Waals surface area contributed by atoms with Crippen LogP contribution in [0.3, 0.4) is 0 Å². The second kappa shape index (κ2) is 6.71. The van der Waals surface area contributed by atoms with Gasteiger partial charge in [0.1, 0.15) is 5.76 Å². The molecule has 0 saturated heterocycles. The average Bonchev–Trinajstić information content (AvgIpc) is 2.99. The molecule has 7 heteroatoms. The second-order valence-corrected chi connectivity index (χ2v) is 6.06. The number of urea groups is 1. The summed E-state index contributed by atoms with van der Waals surface area (Å²) in [7, 11) is 1.76. The van der Waals surface area contributed by atoms with Crippen LogP contribution in [0.5, 0.6) is 0 Å². The first kappa shape index (κ1) is 15.5. The lowest BCUT2D eigenvalue weighted by molar-refractivity contribution is 0.207. The van der Waals surface area contributed by atoms with Gasteiger partial charge in [-0.1, -0.05) is 5.16 Å². The van der Waals surface area contributed by atoms with Gasteiger partial charge in [-0.05, 0) is 20.8 Å². The number of nitrogens with zero attached hydrogens (tertiary/aromatic N) is 3. The van der Waals surface area contributed by atoms with Crippen molar-refractivity contribution in [1.29, 1.82) is 0 Å². The van der Waals surface area contributed by atoms with Gasteiger partial charge in [0, 0.05) is 31.0 Å². The van der Waals surface area contributed by atoms with E-state index in [1.165, 1.54) is 0 Å². The molecule has 2 heterocycles. The molecule has 0 atom stereocenters. The van der Waals surface area contributed by atoms with E-state index in [-0.39, 0.29) is 6.03 Å². The molecule has 0 fully saturated rings. The molecule has 0 aliphatic rings. The Kier molecular flexibility index (Phi) is 4.95. The molecule has 0 bridgehead atoms. The Morgan fingerprint density at radius 3 is 2.76 bits per heavy atom. The molecule has 6 nitrogen and oxygen atoms in total. The largest absolute Gasteiger partial charge is 0.361 e. The van der Waals surface area contributed by atoms with Crippen LogP contribution < -0.4 is 5.32 Å². The fraction of sp³-hybridized carbons (Fsp3) is 0.500. The highest BCUT2D eigenvalue weighted by Crippen LogP contribution is 2.14. The number of aryl methyl sites for hydroxylation is 3. The molecular weight excluding hydrogens is 288 g/mol. The normalized spacial score (nSPS) is 10.7. The van der Waals surface area contributed by atoms with Crippen LogP contribution in [0.4, 0.5) is 4.79 Å². The molecule has 0 unspecified atom stereocenters.